The van der Waals surface area contributed by atoms with E-state index in [-0.39, 0.29) is 5.69 Å². The van der Waals surface area contributed by atoms with Gasteiger partial charge in [-0.05, 0) is 42.4 Å². The number of halogens is 1. The molecule has 5 rings (SSSR count). The molecular formula is C20H20FN5S. The summed E-state index contributed by atoms with van der Waals surface area (Å²) in [6.45, 7) is 2.31. The monoisotopic (exact) mass is 381 g/mol. The first-order chi connectivity index (χ1) is 13.1. The van der Waals surface area contributed by atoms with E-state index in [9.17, 15) is 4.39 Å². The molecule has 0 amide bonds. The van der Waals surface area contributed by atoms with Crippen LogP contribution in [0.5, 0.6) is 0 Å². The van der Waals surface area contributed by atoms with Crippen molar-refractivity contribution in [3.05, 3.63) is 40.7 Å². The molecule has 0 unspecified atom stereocenters. The third-order valence-electron chi connectivity index (χ3n) is 5.74. The third-order valence-corrected chi connectivity index (χ3v) is 6.95. The van der Waals surface area contributed by atoms with Gasteiger partial charge in [-0.15, -0.1) is 11.3 Å². The summed E-state index contributed by atoms with van der Waals surface area (Å²) in [5.74, 6) is 0.664. The molecule has 0 bridgehead atoms. The number of anilines is 1. The van der Waals surface area contributed by atoms with Crippen molar-refractivity contribution in [3.63, 3.8) is 0 Å². The predicted octanol–water partition coefficient (Wildman–Crippen LogP) is 3.60. The second kappa shape index (κ2) is 6.07. The lowest BCUT2D eigenvalue weighted by Gasteiger charge is -2.54. The van der Waals surface area contributed by atoms with Gasteiger partial charge >= 0.3 is 0 Å². The zero-order chi connectivity index (χ0) is 18.6. The minimum absolute atomic E-state index is 0.0910. The van der Waals surface area contributed by atoms with Gasteiger partial charge < -0.3 is 11.1 Å². The first-order valence-corrected chi connectivity index (χ1v) is 9.87. The maximum atomic E-state index is 14.2. The van der Waals surface area contributed by atoms with Gasteiger partial charge in [0.15, 0.2) is 5.82 Å². The SMILES string of the molecule is CN=Cc1cc(-c2ncc3cc(C4CC5(CNC5)C4)sc3n2)cc(F)c1N. The molecule has 1 aromatic carbocycles. The van der Waals surface area contributed by atoms with Crippen LogP contribution in [0.4, 0.5) is 10.1 Å². The molecule has 1 saturated heterocycles. The number of hydrogen-bond acceptors (Lipinski definition) is 6. The number of rotatable bonds is 3. The lowest BCUT2D eigenvalue weighted by atomic mass is 9.58. The lowest BCUT2D eigenvalue weighted by Crippen LogP contribution is -2.59. The molecule has 3 N–H and O–H groups in total. The van der Waals surface area contributed by atoms with E-state index in [4.69, 9.17) is 10.7 Å². The van der Waals surface area contributed by atoms with E-state index in [1.54, 1.807) is 30.7 Å². The summed E-state index contributed by atoms with van der Waals surface area (Å²) >= 11 is 1.73. The van der Waals surface area contributed by atoms with Crippen LogP contribution in [0.15, 0.2) is 29.4 Å². The van der Waals surface area contributed by atoms with Crippen molar-refractivity contribution < 1.29 is 4.39 Å². The second-order valence-corrected chi connectivity index (χ2v) is 8.72. The van der Waals surface area contributed by atoms with Gasteiger partial charge in [0.05, 0.1) is 5.69 Å². The molecule has 138 valence electrons. The summed E-state index contributed by atoms with van der Waals surface area (Å²) < 4.78 is 14.2. The Hall–Kier alpha value is -2.38. The number of aliphatic imine (C=N–C) groups is 1. The average Bonchev–Trinajstić information content (AvgIpc) is 2.99. The number of nitrogens with one attached hydrogen (secondary N) is 1. The number of hydrogen-bond donors (Lipinski definition) is 2. The van der Waals surface area contributed by atoms with Gasteiger partial charge in [-0.25, -0.2) is 14.4 Å². The quantitative estimate of drug-likeness (QED) is 0.537. The zero-order valence-corrected chi connectivity index (χ0v) is 15.8. The molecule has 5 nitrogen and oxygen atoms in total. The molecule has 1 aliphatic heterocycles. The third kappa shape index (κ3) is 2.73. The number of fused-ring (bicyclic) bond motifs is 1. The van der Waals surface area contributed by atoms with E-state index in [0.29, 0.717) is 28.3 Å². The fourth-order valence-corrected chi connectivity index (χ4v) is 5.26. The molecule has 3 aromatic rings. The number of nitrogen functional groups attached to an aromatic ring is 1. The fraction of sp³-hybridized carbons (Fsp3) is 0.350. The van der Waals surface area contributed by atoms with Crippen molar-refractivity contribution >= 4 is 33.5 Å². The molecular weight excluding hydrogens is 361 g/mol. The summed E-state index contributed by atoms with van der Waals surface area (Å²) in [5.41, 5.74) is 7.58. The smallest absolute Gasteiger partial charge is 0.160 e. The van der Waals surface area contributed by atoms with Crippen LogP contribution in [-0.4, -0.2) is 36.3 Å². The Balaban J connectivity index is 1.48. The summed E-state index contributed by atoms with van der Waals surface area (Å²) in [6, 6.07) is 5.38. The molecule has 1 spiro atoms. The standard InChI is InChI=1S/C20H20FN5S/c1-23-7-12-2-11(3-15(21)17(12)22)18-25-8-13-4-16(27-19(13)26-18)14-5-20(6-14)9-24-10-20/h2-4,7-8,14,24H,5-6,9-10,22H2,1H3. The molecule has 0 radical (unpaired) electrons. The zero-order valence-electron chi connectivity index (χ0n) is 15.0. The Bertz CT molecular complexity index is 1060. The van der Waals surface area contributed by atoms with E-state index < -0.39 is 5.82 Å². The summed E-state index contributed by atoms with van der Waals surface area (Å²) in [6.07, 6.45) is 5.90. The van der Waals surface area contributed by atoms with E-state index in [1.165, 1.54) is 23.8 Å². The van der Waals surface area contributed by atoms with Crippen LogP contribution >= 0.6 is 11.3 Å². The van der Waals surface area contributed by atoms with Crippen molar-refractivity contribution in [2.75, 3.05) is 25.9 Å². The molecule has 2 fully saturated rings. The summed E-state index contributed by atoms with van der Waals surface area (Å²) in [4.78, 5) is 15.4. The lowest BCUT2D eigenvalue weighted by molar-refractivity contribution is 0.0376. The molecule has 2 aromatic heterocycles. The highest BCUT2D eigenvalue weighted by Crippen LogP contribution is 2.54. The molecule has 2 aliphatic rings. The average molecular weight is 381 g/mol. The van der Waals surface area contributed by atoms with Gasteiger partial charge in [0.1, 0.15) is 10.6 Å². The molecule has 1 aliphatic carbocycles. The Morgan fingerprint density at radius 1 is 1.33 bits per heavy atom. The molecule has 27 heavy (non-hydrogen) atoms. The van der Waals surface area contributed by atoms with Crippen molar-refractivity contribution in [1.82, 2.24) is 15.3 Å². The number of thiophene rings is 1. The highest BCUT2D eigenvalue weighted by molar-refractivity contribution is 7.18. The van der Waals surface area contributed by atoms with Crippen molar-refractivity contribution in [2.45, 2.75) is 18.8 Å². The Morgan fingerprint density at radius 2 is 2.15 bits per heavy atom. The Labute approximate surface area is 160 Å². The fourth-order valence-electron chi connectivity index (χ4n) is 4.16. The van der Waals surface area contributed by atoms with Crippen LogP contribution in [0.1, 0.15) is 29.2 Å². The first kappa shape index (κ1) is 16.8. The van der Waals surface area contributed by atoms with Gasteiger partial charge in [-0.1, -0.05) is 0 Å². The molecule has 7 heteroatoms. The molecule has 3 heterocycles. The number of benzene rings is 1. The first-order valence-electron chi connectivity index (χ1n) is 9.06. The van der Waals surface area contributed by atoms with Crippen LogP contribution < -0.4 is 11.1 Å². The summed E-state index contributed by atoms with van der Waals surface area (Å²) in [5, 5.41) is 4.44. The molecule has 0 atom stereocenters. The minimum atomic E-state index is -0.480. The van der Waals surface area contributed by atoms with Crippen LogP contribution in [0.25, 0.3) is 21.6 Å². The van der Waals surface area contributed by atoms with Gasteiger partial charge in [-0.2, -0.15) is 0 Å². The number of aromatic nitrogens is 2. The van der Waals surface area contributed by atoms with Crippen LogP contribution in [-0.2, 0) is 0 Å². The topological polar surface area (TPSA) is 76.2 Å². The van der Waals surface area contributed by atoms with E-state index >= 15 is 0 Å². The van der Waals surface area contributed by atoms with E-state index in [0.717, 1.165) is 23.3 Å². The van der Waals surface area contributed by atoms with Gasteiger partial charge in [0, 0.05) is 53.9 Å². The van der Waals surface area contributed by atoms with Gasteiger partial charge in [-0.3, -0.25) is 4.99 Å². The van der Waals surface area contributed by atoms with Gasteiger partial charge in [0.2, 0.25) is 0 Å². The maximum Gasteiger partial charge on any atom is 0.160 e. The van der Waals surface area contributed by atoms with E-state index in [1.807, 2.05) is 6.20 Å². The van der Waals surface area contributed by atoms with Crippen LogP contribution in [0.2, 0.25) is 0 Å². The highest BCUT2D eigenvalue weighted by atomic mass is 32.1. The Morgan fingerprint density at radius 3 is 2.85 bits per heavy atom. The minimum Gasteiger partial charge on any atom is -0.396 e. The van der Waals surface area contributed by atoms with Gasteiger partial charge in [0.25, 0.3) is 0 Å². The van der Waals surface area contributed by atoms with Crippen molar-refractivity contribution in [2.24, 2.45) is 10.4 Å². The largest absolute Gasteiger partial charge is 0.396 e. The number of nitrogens with two attached hydrogens (primary N) is 1. The summed E-state index contributed by atoms with van der Waals surface area (Å²) in [7, 11) is 1.63. The second-order valence-electron chi connectivity index (χ2n) is 7.66. The van der Waals surface area contributed by atoms with Crippen LogP contribution in [0.3, 0.4) is 0 Å². The predicted molar refractivity (Wildman–Crippen MR) is 108 cm³/mol. The Kier molecular flexibility index (Phi) is 3.77. The number of nitrogens with zero attached hydrogens (tertiary/aromatic N) is 3. The normalized spacial score (nSPS) is 18.9. The van der Waals surface area contributed by atoms with E-state index in [2.05, 4.69) is 21.4 Å². The van der Waals surface area contributed by atoms with Crippen LogP contribution in [0, 0.1) is 11.2 Å². The van der Waals surface area contributed by atoms with Crippen molar-refractivity contribution in [3.8, 4) is 11.4 Å². The molecule has 1 saturated carbocycles. The van der Waals surface area contributed by atoms with Crippen molar-refractivity contribution in [1.29, 1.82) is 0 Å². The maximum absolute atomic E-state index is 14.2. The highest BCUT2D eigenvalue weighted by Gasteiger charge is 2.49.